The lowest BCUT2D eigenvalue weighted by molar-refractivity contribution is -0.133. The second kappa shape index (κ2) is 5.19. The molecule has 2 rings (SSSR count). The highest BCUT2D eigenvalue weighted by molar-refractivity contribution is 7.80. The Bertz CT molecular complexity index is 283. The molecule has 1 heterocycles. The summed E-state index contributed by atoms with van der Waals surface area (Å²) < 4.78 is 0. The first-order valence-corrected chi connectivity index (χ1v) is 7.25. The second-order valence-corrected chi connectivity index (χ2v) is 6.19. The van der Waals surface area contributed by atoms with Crippen molar-refractivity contribution < 1.29 is 4.79 Å². The molecule has 0 aromatic rings. The molecule has 1 saturated carbocycles. The Morgan fingerprint density at radius 2 is 2.00 bits per heavy atom. The second-order valence-electron chi connectivity index (χ2n) is 5.87. The number of carbonyl (C=O) groups excluding carboxylic acids is 1. The van der Waals surface area contributed by atoms with Crippen LogP contribution in [0.15, 0.2) is 0 Å². The van der Waals surface area contributed by atoms with Crippen LogP contribution in [0.2, 0.25) is 0 Å². The van der Waals surface area contributed by atoms with E-state index in [9.17, 15) is 4.79 Å². The molecular weight excluding hydrogens is 232 g/mol. The molecule has 2 aliphatic rings. The van der Waals surface area contributed by atoms with E-state index >= 15 is 0 Å². The third-order valence-corrected chi connectivity index (χ3v) is 5.12. The normalized spacial score (nSPS) is 24.6. The summed E-state index contributed by atoms with van der Waals surface area (Å²) in [7, 11) is 4.13. The zero-order valence-corrected chi connectivity index (χ0v) is 11.9. The molecule has 98 valence electrons. The number of piperidine rings is 1. The van der Waals surface area contributed by atoms with Gasteiger partial charge in [-0.2, -0.15) is 12.6 Å². The minimum absolute atomic E-state index is 0.250. The molecule has 0 unspecified atom stereocenters. The van der Waals surface area contributed by atoms with Crippen molar-refractivity contribution in [2.45, 2.75) is 38.1 Å². The van der Waals surface area contributed by atoms with E-state index in [1.54, 1.807) is 0 Å². The van der Waals surface area contributed by atoms with Crippen LogP contribution < -0.4 is 0 Å². The van der Waals surface area contributed by atoms with E-state index in [1.165, 1.54) is 12.8 Å². The highest BCUT2D eigenvalue weighted by atomic mass is 32.1. The lowest BCUT2D eigenvalue weighted by Crippen LogP contribution is -2.45. The molecule has 3 nitrogen and oxygen atoms in total. The van der Waals surface area contributed by atoms with Crippen LogP contribution in [0.4, 0.5) is 0 Å². The van der Waals surface area contributed by atoms with Crippen molar-refractivity contribution in [1.29, 1.82) is 0 Å². The molecule has 0 spiro atoms. The van der Waals surface area contributed by atoms with Gasteiger partial charge in [0.05, 0.1) is 0 Å². The van der Waals surface area contributed by atoms with E-state index in [1.807, 2.05) is 11.9 Å². The first-order chi connectivity index (χ1) is 8.06. The Morgan fingerprint density at radius 1 is 1.41 bits per heavy atom. The van der Waals surface area contributed by atoms with Gasteiger partial charge in [-0.3, -0.25) is 4.79 Å². The molecule has 0 atom stereocenters. The van der Waals surface area contributed by atoms with Crippen molar-refractivity contribution in [3.8, 4) is 0 Å². The molecule has 1 aliphatic heterocycles. The fourth-order valence-corrected chi connectivity index (χ4v) is 3.03. The maximum Gasteiger partial charge on any atom is 0.223 e. The summed E-state index contributed by atoms with van der Waals surface area (Å²) in [6, 6.07) is 0.453. The van der Waals surface area contributed by atoms with Gasteiger partial charge in [-0.25, -0.2) is 0 Å². The van der Waals surface area contributed by atoms with Crippen molar-refractivity contribution >= 4 is 18.5 Å². The fraction of sp³-hybridized carbons (Fsp3) is 0.923. The molecule has 2 fully saturated rings. The van der Waals surface area contributed by atoms with E-state index in [2.05, 4.69) is 24.6 Å². The quantitative estimate of drug-likeness (QED) is 0.773. The molecule has 17 heavy (non-hydrogen) atoms. The van der Waals surface area contributed by atoms with Crippen LogP contribution in [0.3, 0.4) is 0 Å². The SMILES string of the molecule is CN1CCC(N(C)C(=O)CC2(CS)CC2)CC1. The van der Waals surface area contributed by atoms with E-state index < -0.39 is 0 Å². The van der Waals surface area contributed by atoms with Crippen molar-refractivity contribution in [3.05, 3.63) is 0 Å². The number of likely N-dealkylation sites (tertiary alicyclic amines) is 1. The Kier molecular flexibility index (Phi) is 4.03. The number of amides is 1. The molecule has 1 amide bonds. The highest BCUT2D eigenvalue weighted by Crippen LogP contribution is 2.49. The number of nitrogens with zero attached hydrogens (tertiary/aromatic N) is 2. The summed E-state index contributed by atoms with van der Waals surface area (Å²) in [5, 5.41) is 0. The minimum atomic E-state index is 0.250. The van der Waals surface area contributed by atoms with Crippen LogP contribution >= 0.6 is 12.6 Å². The van der Waals surface area contributed by atoms with E-state index in [0.717, 1.165) is 31.7 Å². The number of hydrogen-bond donors (Lipinski definition) is 1. The van der Waals surface area contributed by atoms with Gasteiger partial charge in [-0.15, -0.1) is 0 Å². The summed E-state index contributed by atoms with van der Waals surface area (Å²) in [6.07, 6.45) is 5.31. The van der Waals surface area contributed by atoms with Gasteiger partial charge in [0.25, 0.3) is 0 Å². The van der Waals surface area contributed by atoms with Gasteiger partial charge >= 0.3 is 0 Å². The van der Waals surface area contributed by atoms with Gasteiger partial charge < -0.3 is 9.80 Å². The van der Waals surface area contributed by atoms with Crippen LogP contribution in [0.25, 0.3) is 0 Å². The summed E-state index contributed by atoms with van der Waals surface area (Å²) in [5.74, 6) is 1.19. The van der Waals surface area contributed by atoms with Crippen LogP contribution in [-0.4, -0.2) is 54.7 Å². The van der Waals surface area contributed by atoms with Crippen LogP contribution in [0.1, 0.15) is 32.1 Å². The molecule has 0 aromatic carbocycles. The lowest BCUT2D eigenvalue weighted by atomic mass is 10.0. The van der Waals surface area contributed by atoms with Gasteiger partial charge in [-0.05, 0) is 57.0 Å². The number of hydrogen-bond acceptors (Lipinski definition) is 3. The topological polar surface area (TPSA) is 23.6 Å². The Labute approximate surface area is 110 Å². The molecule has 4 heteroatoms. The minimum Gasteiger partial charge on any atom is -0.343 e. The zero-order valence-electron chi connectivity index (χ0n) is 11.0. The molecule has 0 radical (unpaired) electrons. The molecular formula is C13H24N2OS. The predicted molar refractivity (Wildman–Crippen MR) is 73.4 cm³/mol. The summed E-state index contributed by atoms with van der Waals surface area (Å²) >= 11 is 4.37. The third kappa shape index (κ3) is 3.16. The first-order valence-electron chi connectivity index (χ1n) is 6.61. The van der Waals surface area contributed by atoms with Gasteiger partial charge in [0.15, 0.2) is 0 Å². The monoisotopic (exact) mass is 256 g/mol. The largest absolute Gasteiger partial charge is 0.343 e. The highest BCUT2D eigenvalue weighted by Gasteiger charge is 2.43. The average Bonchev–Trinajstić information content (AvgIpc) is 3.09. The van der Waals surface area contributed by atoms with Gasteiger partial charge in [0.2, 0.25) is 5.91 Å². The average molecular weight is 256 g/mol. The van der Waals surface area contributed by atoms with E-state index in [-0.39, 0.29) is 5.41 Å². The summed E-state index contributed by atoms with van der Waals surface area (Å²) in [6.45, 7) is 2.22. The number of rotatable bonds is 4. The van der Waals surface area contributed by atoms with Crippen molar-refractivity contribution in [2.24, 2.45) is 5.41 Å². The standard InChI is InChI=1S/C13H24N2OS/c1-14-7-3-11(4-8-14)15(2)12(16)9-13(10-17)5-6-13/h11,17H,3-10H2,1-2H3. The maximum absolute atomic E-state index is 12.2. The molecule has 1 saturated heterocycles. The summed E-state index contributed by atoms with van der Waals surface area (Å²) in [4.78, 5) is 16.6. The number of thiol groups is 1. The fourth-order valence-electron chi connectivity index (χ4n) is 2.60. The van der Waals surface area contributed by atoms with Gasteiger partial charge in [0, 0.05) is 19.5 Å². The van der Waals surface area contributed by atoms with Crippen molar-refractivity contribution in [2.75, 3.05) is 32.9 Å². The predicted octanol–water partition coefficient (Wildman–Crippen LogP) is 1.64. The molecule has 0 bridgehead atoms. The smallest absolute Gasteiger partial charge is 0.223 e. The lowest BCUT2D eigenvalue weighted by Gasteiger charge is -2.35. The van der Waals surface area contributed by atoms with Crippen molar-refractivity contribution in [3.63, 3.8) is 0 Å². The van der Waals surface area contributed by atoms with Crippen LogP contribution in [0.5, 0.6) is 0 Å². The molecule has 0 N–H and O–H groups in total. The van der Waals surface area contributed by atoms with Gasteiger partial charge in [-0.1, -0.05) is 0 Å². The van der Waals surface area contributed by atoms with E-state index in [0.29, 0.717) is 18.4 Å². The zero-order chi connectivity index (χ0) is 12.5. The summed E-state index contributed by atoms with van der Waals surface area (Å²) in [5.41, 5.74) is 0.250. The number of carbonyl (C=O) groups is 1. The Hall–Kier alpha value is -0.220. The molecule has 1 aliphatic carbocycles. The van der Waals surface area contributed by atoms with Crippen LogP contribution in [0, 0.1) is 5.41 Å². The first kappa shape index (κ1) is 13.2. The Balaban J connectivity index is 1.82. The Morgan fingerprint density at radius 3 is 2.47 bits per heavy atom. The third-order valence-electron chi connectivity index (χ3n) is 4.45. The maximum atomic E-state index is 12.2. The molecule has 0 aromatic heterocycles. The van der Waals surface area contributed by atoms with E-state index in [4.69, 9.17) is 0 Å². The van der Waals surface area contributed by atoms with Crippen LogP contribution in [-0.2, 0) is 4.79 Å². The van der Waals surface area contributed by atoms with Gasteiger partial charge in [0.1, 0.15) is 0 Å². The van der Waals surface area contributed by atoms with Crippen molar-refractivity contribution in [1.82, 2.24) is 9.80 Å².